The summed E-state index contributed by atoms with van der Waals surface area (Å²) < 4.78 is 13.9. The quantitative estimate of drug-likeness (QED) is 0.170. The van der Waals surface area contributed by atoms with Gasteiger partial charge in [-0.1, -0.05) is 24.3 Å². The molecule has 0 aliphatic carbocycles. The van der Waals surface area contributed by atoms with E-state index >= 15 is 0 Å². The zero-order chi connectivity index (χ0) is 35.6. The molecule has 7 rings (SSSR count). The predicted molar refractivity (Wildman–Crippen MR) is 191 cm³/mol. The van der Waals surface area contributed by atoms with Gasteiger partial charge in [0.15, 0.2) is 0 Å². The van der Waals surface area contributed by atoms with Crippen molar-refractivity contribution in [3.05, 3.63) is 98.4 Å². The number of nitrogens with one attached hydrogen (secondary N) is 2. The van der Waals surface area contributed by atoms with Gasteiger partial charge in [-0.15, -0.1) is 0 Å². The summed E-state index contributed by atoms with van der Waals surface area (Å²) in [7, 11) is 2.10. The number of ether oxygens (including phenoxy) is 2. The van der Waals surface area contributed by atoms with Gasteiger partial charge < -0.3 is 19.7 Å². The number of carbonyl (C=O) groups excluding carboxylic acids is 4. The third-order valence-corrected chi connectivity index (χ3v) is 10.2. The molecule has 2 N–H and O–H groups in total. The summed E-state index contributed by atoms with van der Waals surface area (Å²) in [6.45, 7) is 2.52. The van der Waals surface area contributed by atoms with E-state index in [9.17, 15) is 24.0 Å². The number of rotatable bonds is 11. The van der Waals surface area contributed by atoms with E-state index in [1.807, 2.05) is 24.3 Å². The summed E-state index contributed by atoms with van der Waals surface area (Å²) in [6.07, 6.45) is 4.10. The first-order chi connectivity index (χ1) is 24.7. The van der Waals surface area contributed by atoms with Crippen LogP contribution in [0.4, 0.5) is 5.82 Å². The molecule has 0 spiro atoms. The lowest BCUT2D eigenvalue weighted by molar-refractivity contribution is -0.136. The van der Waals surface area contributed by atoms with E-state index in [2.05, 4.69) is 55.6 Å². The minimum atomic E-state index is -1.03. The average Bonchev–Trinajstić information content (AvgIpc) is 3.38. The highest BCUT2D eigenvalue weighted by Gasteiger charge is 2.46. The lowest BCUT2D eigenvalue weighted by Gasteiger charge is -2.36. The van der Waals surface area contributed by atoms with Gasteiger partial charge in [0.25, 0.3) is 17.4 Å². The van der Waals surface area contributed by atoms with Crippen molar-refractivity contribution >= 4 is 51.0 Å². The fourth-order valence-electron chi connectivity index (χ4n) is 7.04. The highest BCUT2D eigenvalue weighted by Crippen LogP contribution is 2.34. The largest absolute Gasteiger partial charge is 0.494 e. The summed E-state index contributed by atoms with van der Waals surface area (Å²) in [6, 6.07) is 17.5. The molecule has 2 fully saturated rings. The molecule has 13 nitrogen and oxygen atoms in total. The molecular weight excluding hydrogens is 720 g/mol. The van der Waals surface area contributed by atoms with Crippen molar-refractivity contribution in [1.29, 1.82) is 0 Å². The number of likely N-dealkylation sites (N-methyl/N-ethyl adjacent to an activating group) is 1. The van der Waals surface area contributed by atoms with Gasteiger partial charge in [-0.3, -0.25) is 38.6 Å². The second kappa shape index (κ2) is 14.6. The molecule has 1 unspecified atom stereocenters. The van der Waals surface area contributed by atoms with Gasteiger partial charge in [-0.25, -0.2) is 4.98 Å². The number of aromatic nitrogens is 2. The standard InChI is InChI=1S/C37H37BrN6O7/c1-42-20-23(19-24(21-42)39-33-32(38)37(49)43-16-3-2-9-29(43)40-33)22-10-12-25(13-11-22)50-17-4-5-18-51-28-8-6-7-26-31(28)36(48)44(35(26)47)27-14-15-30(45)41-34(27)46/h2-3,6-13,16,23-24,27,39H,4-5,14-15,17-21H2,1H3,(H,41,45,46)/t23-,24+,27?/m0/s1. The van der Waals surface area contributed by atoms with Crippen LogP contribution in [-0.4, -0.2) is 88.2 Å². The molecule has 0 saturated carbocycles. The Morgan fingerprint density at radius 1 is 0.922 bits per heavy atom. The van der Waals surface area contributed by atoms with Crippen LogP contribution in [0.15, 0.2) is 76.1 Å². The molecule has 4 aromatic rings. The number of fused-ring (bicyclic) bond motifs is 2. The van der Waals surface area contributed by atoms with Crippen LogP contribution in [0.2, 0.25) is 0 Å². The van der Waals surface area contributed by atoms with Crippen molar-refractivity contribution in [2.45, 2.75) is 50.1 Å². The maximum atomic E-state index is 13.3. The summed E-state index contributed by atoms with van der Waals surface area (Å²) in [5.41, 5.74) is 1.97. The molecule has 2 aromatic carbocycles. The van der Waals surface area contributed by atoms with Gasteiger partial charge in [-0.05, 0) is 96.5 Å². The molecule has 3 aliphatic rings. The molecule has 5 heterocycles. The van der Waals surface area contributed by atoms with Crippen molar-refractivity contribution < 1.29 is 28.7 Å². The van der Waals surface area contributed by atoms with Crippen LogP contribution >= 0.6 is 15.9 Å². The minimum absolute atomic E-state index is 0.0602. The molecule has 0 radical (unpaired) electrons. The Bertz CT molecular complexity index is 2070. The van der Waals surface area contributed by atoms with Crippen LogP contribution in [0.1, 0.15) is 64.3 Å². The first-order valence-electron chi connectivity index (χ1n) is 17.0. The van der Waals surface area contributed by atoms with Gasteiger partial charge >= 0.3 is 0 Å². The highest BCUT2D eigenvalue weighted by atomic mass is 79.9. The fourth-order valence-corrected chi connectivity index (χ4v) is 7.43. The molecule has 51 heavy (non-hydrogen) atoms. The van der Waals surface area contributed by atoms with Crippen LogP contribution < -0.4 is 25.7 Å². The van der Waals surface area contributed by atoms with Crippen molar-refractivity contribution in [2.75, 3.05) is 38.7 Å². The van der Waals surface area contributed by atoms with E-state index in [4.69, 9.17) is 9.47 Å². The molecule has 3 atom stereocenters. The van der Waals surface area contributed by atoms with Crippen molar-refractivity contribution in [2.24, 2.45) is 0 Å². The van der Waals surface area contributed by atoms with E-state index < -0.39 is 29.7 Å². The van der Waals surface area contributed by atoms with Crippen LogP contribution in [0.5, 0.6) is 11.5 Å². The number of imide groups is 2. The average molecular weight is 758 g/mol. The molecular formula is C37H37BrN6O7. The number of pyridine rings is 1. The Balaban J connectivity index is 0.888. The topological polar surface area (TPSA) is 152 Å². The number of piperidine rings is 2. The van der Waals surface area contributed by atoms with Gasteiger partial charge in [0.1, 0.15) is 33.5 Å². The van der Waals surface area contributed by atoms with Crippen LogP contribution in [0.25, 0.3) is 5.65 Å². The molecule has 14 heteroatoms. The van der Waals surface area contributed by atoms with E-state index in [-0.39, 0.29) is 41.5 Å². The Kier molecular flexibility index (Phi) is 9.87. The normalized spacial score (nSPS) is 20.7. The Morgan fingerprint density at radius 2 is 1.71 bits per heavy atom. The smallest absolute Gasteiger partial charge is 0.274 e. The second-order valence-electron chi connectivity index (χ2n) is 13.1. The van der Waals surface area contributed by atoms with E-state index in [0.29, 0.717) is 47.7 Å². The van der Waals surface area contributed by atoms with Gasteiger partial charge in [-0.2, -0.15) is 0 Å². The van der Waals surface area contributed by atoms with Crippen molar-refractivity contribution in [1.82, 2.24) is 24.5 Å². The van der Waals surface area contributed by atoms with E-state index in [0.717, 1.165) is 30.2 Å². The molecule has 4 amide bonds. The number of hydrogen-bond donors (Lipinski definition) is 2. The molecule has 2 saturated heterocycles. The first kappa shape index (κ1) is 34.4. The molecule has 264 valence electrons. The summed E-state index contributed by atoms with van der Waals surface area (Å²) in [5.74, 6) is -0.336. The fraction of sp³-hybridized carbons (Fsp3) is 0.351. The predicted octanol–water partition coefficient (Wildman–Crippen LogP) is 4.00. The van der Waals surface area contributed by atoms with Gasteiger partial charge in [0.2, 0.25) is 11.8 Å². The van der Waals surface area contributed by atoms with Crippen molar-refractivity contribution in [3.63, 3.8) is 0 Å². The number of likely N-dealkylation sites (tertiary alicyclic amines) is 1. The highest BCUT2D eigenvalue weighted by molar-refractivity contribution is 9.10. The molecule has 3 aliphatic heterocycles. The van der Waals surface area contributed by atoms with Gasteiger partial charge in [0.05, 0.1) is 24.3 Å². The molecule has 2 aromatic heterocycles. The number of nitrogens with zero attached hydrogens (tertiary/aromatic N) is 4. The number of halogens is 1. The monoisotopic (exact) mass is 756 g/mol. The first-order valence-corrected chi connectivity index (χ1v) is 17.8. The number of amides is 4. The Morgan fingerprint density at radius 3 is 2.49 bits per heavy atom. The summed E-state index contributed by atoms with van der Waals surface area (Å²) >= 11 is 3.45. The van der Waals surface area contributed by atoms with Crippen LogP contribution in [0, 0.1) is 0 Å². The van der Waals surface area contributed by atoms with E-state index in [1.165, 1.54) is 9.96 Å². The summed E-state index contributed by atoms with van der Waals surface area (Å²) in [4.78, 5) is 71.0. The van der Waals surface area contributed by atoms with Gasteiger partial charge in [0, 0.05) is 31.7 Å². The number of hydrogen-bond acceptors (Lipinski definition) is 10. The Hall–Kier alpha value is -5.08. The number of benzene rings is 2. The zero-order valence-corrected chi connectivity index (χ0v) is 29.6. The second-order valence-corrected chi connectivity index (χ2v) is 13.9. The van der Waals surface area contributed by atoms with E-state index in [1.54, 1.807) is 30.5 Å². The number of unbranched alkanes of at least 4 members (excludes halogenated alkanes) is 1. The third kappa shape index (κ3) is 7.10. The van der Waals surface area contributed by atoms with Crippen LogP contribution in [0.3, 0.4) is 0 Å². The van der Waals surface area contributed by atoms with Crippen molar-refractivity contribution in [3.8, 4) is 11.5 Å². The third-order valence-electron chi connectivity index (χ3n) is 9.50. The Labute approximate surface area is 302 Å². The molecule has 0 bridgehead atoms. The number of anilines is 1. The summed E-state index contributed by atoms with van der Waals surface area (Å²) in [5, 5.41) is 5.71. The SMILES string of the molecule is CN1C[C@H](Nc2nc3ccccn3c(=O)c2Br)C[C@H](c2ccc(OCCCCOc3cccc4c3C(=O)N(C3CCC(=O)NC3=O)C4=O)cc2)C1. The maximum absolute atomic E-state index is 13.3. The lowest BCUT2D eigenvalue weighted by atomic mass is 9.88. The van der Waals surface area contributed by atoms with Crippen LogP contribution in [-0.2, 0) is 9.59 Å². The number of carbonyl (C=O) groups is 4. The minimum Gasteiger partial charge on any atom is -0.494 e. The lowest BCUT2D eigenvalue weighted by Crippen LogP contribution is -2.54. The maximum Gasteiger partial charge on any atom is 0.274 e. The zero-order valence-electron chi connectivity index (χ0n) is 28.0.